The van der Waals surface area contributed by atoms with Crippen molar-refractivity contribution >= 4 is 43.8 Å². The average molecular weight is 259 g/mol. The lowest BCUT2D eigenvalue weighted by Gasteiger charge is -2.09. The maximum atomic E-state index is 6.06. The lowest BCUT2D eigenvalue weighted by molar-refractivity contribution is 1.43. The third-order valence-corrected chi connectivity index (χ3v) is 3.83. The molecule has 0 aliphatic rings. The topological polar surface area (TPSA) is 64.9 Å². The van der Waals surface area contributed by atoms with Crippen molar-refractivity contribution in [3.05, 3.63) is 54.7 Å². The van der Waals surface area contributed by atoms with E-state index in [4.69, 9.17) is 11.5 Å². The summed E-state index contributed by atoms with van der Waals surface area (Å²) in [6.07, 6.45) is 1.63. The Morgan fingerprint density at radius 1 is 0.700 bits per heavy atom. The van der Waals surface area contributed by atoms with E-state index in [-0.39, 0.29) is 0 Å². The highest BCUT2D eigenvalue weighted by molar-refractivity contribution is 6.18. The van der Waals surface area contributed by atoms with Gasteiger partial charge < -0.3 is 11.5 Å². The van der Waals surface area contributed by atoms with Crippen molar-refractivity contribution in [1.29, 1.82) is 0 Å². The summed E-state index contributed by atoms with van der Waals surface area (Å²) in [4.78, 5) is 4.47. The summed E-state index contributed by atoms with van der Waals surface area (Å²) in [7, 11) is 0. The molecule has 0 spiro atoms. The van der Waals surface area contributed by atoms with E-state index < -0.39 is 0 Å². The zero-order valence-corrected chi connectivity index (χ0v) is 10.8. The highest BCUT2D eigenvalue weighted by Crippen LogP contribution is 2.33. The first-order chi connectivity index (χ1) is 9.75. The molecule has 0 aliphatic carbocycles. The summed E-state index contributed by atoms with van der Waals surface area (Å²) in [6, 6.07) is 16.7. The Kier molecular flexibility index (Phi) is 2.12. The van der Waals surface area contributed by atoms with Gasteiger partial charge in [0, 0.05) is 10.8 Å². The van der Waals surface area contributed by atoms with Gasteiger partial charge in [-0.05, 0) is 22.2 Å². The summed E-state index contributed by atoms with van der Waals surface area (Å²) in [6.45, 7) is 0. The lowest BCUT2D eigenvalue weighted by atomic mass is 9.99. The largest absolute Gasteiger partial charge is 0.396 e. The van der Waals surface area contributed by atoms with Gasteiger partial charge >= 0.3 is 0 Å². The van der Waals surface area contributed by atoms with E-state index in [0.29, 0.717) is 11.4 Å². The lowest BCUT2D eigenvalue weighted by Crippen LogP contribution is -1.97. The number of rotatable bonds is 0. The van der Waals surface area contributed by atoms with Gasteiger partial charge in [-0.2, -0.15) is 0 Å². The monoisotopic (exact) mass is 259 g/mol. The standard InChI is InChI=1S/C17H13N3/c18-15-9-20-17-13-6-5-10-3-1-2-4-11(10)12(13)7-8-14(17)16(15)19/h1-9H,18H2,(H2,19,20). The fourth-order valence-electron chi connectivity index (χ4n) is 2.79. The van der Waals surface area contributed by atoms with Crippen LogP contribution < -0.4 is 11.5 Å². The van der Waals surface area contributed by atoms with Gasteiger partial charge in [0.15, 0.2) is 0 Å². The van der Waals surface area contributed by atoms with Crippen LogP contribution in [0.15, 0.2) is 54.7 Å². The normalized spacial score (nSPS) is 11.4. The number of hydrogen-bond acceptors (Lipinski definition) is 3. The van der Waals surface area contributed by atoms with Crippen molar-refractivity contribution in [3.8, 4) is 0 Å². The number of anilines is 2. The highest BCUT2D eigenvalue weighted by Gasteiger charge is 2.08. The fourth-order valence-corrected chi connectivity index (χ4v) is 2.79. The van der Waals surface area contributed by atoms with E-state index in [2.05, 4.69) is 41.4 Å². The van der Waals surface area contributed by atoms with E-state index in [0.717, 1.165) is 16.3 Å². The van der Waals surface area contributed by atoms with Crippen molar-refractivity contribution < 1.29 is 0 Å². The predicted molar refractivity (Wildman–Crippen MR) is 85.6 cm³/mol. The molecule has 1 heterocycles. The van der Waals surface area contributed by atoms with Crippen molar-refractivity contribution in [3.63, 3.8) is 0 Å². The van der Waals surface area contributed by atoms with Gasteiger partial charge in [0.2, 0.25) is 0 Å². The third kappa shape index (κ3) is 1.37. The van der Waals surface area contributed by atoms with Crippen LogP contribution in [0.1, 0.15) is 0 Å². The van der Waals surface area contributed by atoms with E-state index in [9.17, 15) is 0 Å². The van der Waals surface area contributed by atoms with Crippen LogP contribution in [0.5, 0.6) is 0 Å². The molecule has 96 valence electrons. The second kappa shape index (κ2) is 3.84. The van der Waals surface area contributed by atoms with E-state index in [1.54, 1.807) is 6.20 Å². The molecule has 4 N–H and O–H groups in total. The summed E-state index contributed by atoms with van der Waals surface area (Å²) in [5, 5.41) is 5.65. The molecule has 0 saturated carbocycles. The number of fused-ring (bicyclic) bond motifs is 5. The van der Waals surface area contributed by atoms with Crippen molar-refractivity contribution in [2.45, 2.75) is 0 Å². The Hall–Kier alpha value is -2.81. The first-order valence-corrected chi connectivity index (χ1v) is 6.50. The second-order valence-electron chi connectivity index (χ2n) is 4.97. The van der Waals surface area contributed by atoms with Crippen molar-refractivity contribution in [2.24, 2.45) is 0 Å². The van der Waals surface area contributed by atoms with Crippen LogP contribution >= 0.6 is 0 Å². The maximum absolute atomic E-state index is 6.06. The molecule has 0 amide bonds. The third-order valence-electron chi connectivity index (χ3n) is 3.83. The zero-order chi connectivity index (χ0) is 13.7. The van der Waals surface area contributed by atoms with Gasteiger partial charge in [0.05, 0.1) is 23.1 Å². The van der Waals surface area contributed by atoms with Crippen LogP contribution in [0.4, 0.5) is 11.4 Å². The smallest absolute Gasteiger partial charge is 0.0802 e. The quantitative estimate of drug-likeness (QED) is 0.473. The molecule has 4 rings (SSSR count). The molecule has 0 fully saturated rings. The van der Waals surface area contributed by atoms with Crippen LogP contribution in [-0.4, -0.2) is 4.98 Å². The number of nitrogens with two attached hydrogens (primary N) is 2. The first kappa shape index (κ1) is 11.1. The highest BCUT2D eigenvalue weighted by atomic mass is 14.8. The second-order valence-corrected chi connectivity index (χ2v) is 4.97. The molecule has 3 aromatic carbocycles. The molecule has 0 radical (unpaired) electrons. The molecule has 0 unspecified atom stereocenters. The maximum Gasteiger partial charge on any atom is 0.0802 e. The molecule has 0 aliphatic heterocycles. The molecular formula is C17H13N3. The summed E-state index contributed by atoms with van der Waals surface area (Å²) < 4.78 is 0. The van der Waals surface area contributed by atoms with Gasteiger partial charge in [0.25, 0.3) is 0 Å². The van der Waals surface area contributed by atoms with Gasteiger partial charge in [0.1, 0.15) is 0 Å². The van der Waals surface area contributed by atoms with Crippen LogP contribution in [0.25, 0.3) is 32.4 Å². The molecule has 0 atom stereocenters. The molecule has 3 nitrogen and oxygen atoms in total. The Morgan fingerprint density at radius 3 is 2.35 bits per heavy atom. The van der Waals surface area contributed by atoms with Crippen LogP contribution in [0.2, 0.25) is 0 Å². The minimum Gasteiger partial charge on any atom is -0.396 e. The van der Waals surface area contributed by atoms with E-state index in [1.807, 2.05) is 12.1 Å². The molecule has 0 saturated heterocycles. The molecule has 3 heteroatoms. The summed E-state index contributed by atoms with van der Waals surface area (Å²) in [5.74, 6) is 0. The Morgan fingerprint density at radius 2 is 1.45 bits per heavy atom. The van der Waals surface area contributed by atoms with Crippen molar-refractivity contribution in [1.82, 2.24) is 4.98 Å². The van der Waals surface area contributed by atoms with Gasteiger partial charge in [-0.3, -0.25) is 4.98 Å². The molecular weight excluding hydrogens is 246 g/mol. The molecule has 20 heavy (non-hydrogen) atoms. The first-order valence-electron chi connectivity index (χ1n) is 6.50. The Balaban J connectivity index is 2.26. The predicted octanol–water partition coefficient (Wildman–Crippen LogP) is 3.71. The average Bonchev–Trinajstić information content (AvgIpc) is 2.50. The molecule has 4 aromatic rings. The van der Waals surface area contributed by atoms with Crippen LogP contribution in [0, 0.1) is 0 Å². The van der Waals surface area contributed by atoms with Crippen LogP contribution in [-0.2, 0) is 0 Å². The number of benzene rings is 3. The van der Waals surface area contributed by atoms with Gasteiger partial charge in [-0.15, -0.1) is 0 Å². The number of nitrogen functional groups attached to an aromatic ring is 2. The number of aromatic nitrogens is 1. The van der Waals surface area contributed by atoms with Crippen LogP contribution in [0.3, 0.4) is 0 Å². The molecule has 0 bridgehead atoms. The van der Waals surface area contributed by atoms with E-state index in [1.165, 1.54) is 16.2 Å². The number of nitrogens with zero attached hydrogens (tertiary/aromatic N) is 1. The number of hydrogen-bond donors (Lipinski definition) is 2. The Bertz CT molecular complexity index is 974. The summed E-state index contributed by atoms with van der Waals surface area (Å²) >= 11 is 0. The SMILES string of the molecule is Nc1cnc2c(ccc3c4ccccc4ccc32)c1N. The summed E-state index contributed by atoms with van der Waals surface area (Å²) in [5.41, 5.74) is 13.9. The zero-order valence-electron chi connectivity index (χ0n) is 10.8. The van der Waals surface area contributed by atoms with Crippen molar-refractivity contribution in [2.75, 3.05) is 11.5 Å². The van der Waals surface area contributed by atoms with E-state index >= 15 is 0 Å². The van der Waals surface area contributed by atoms with Gasteiger partial charge in [-0.1, -0.05) is 42.5 Å². The fraction of sp³-hybridized carbons (Fsp3) is 0. The Labute approximate surface area is 115 Å². The minimum absolute atomic E-state index is 0.526. The molecule has 1 aromatic heterocycles. The number of pyridine rings is 1. The van der Waals surface area contributed by atoms with Gasteiger partial charge in [-0.25, -0.2) is 0 Å². The minimum atomic E-state index is 0.526.